The number of ether oxygens (including phenoxy) is 3. The molecule has 0 saturated carbocycles. The molecule has 0 amide bonds. The Labute approximate surface area is 224 Å². The van der Waals surface area contributed by atoms with Crippen LogP contribution in [-0.2, 0) is 41.9 Å². The van der Waals surface area contributed by atoms with Gasteiger partial charge in [0.1, 0.15) is 17.8 Å². The number of hydrogen-bond acceptors (Lipinski definition) is 13. The van der Waals surface area contributed by atoms with Gasteiger partial charge in [-0.3, -0.25) is 28.5 Å². The van der Waals surface area contributed by atoms with E-state index in [2.05, 4.69) is 4.98 Å². The molecule has 16 heteroatoms. The van der Waals surface area contributed by atoms with Crippen molar-refractivity contribution in [3.8, 4) is 0 Å². The summed E-state index contributed by atoms with van der Waals surface area (Å²) in [5, 5.41) is 21.6. The minimum absolute atomic E-state index is 0.0739. The average Bonchev–Trinajstić information content (AvgIpc) is 3.00. The van der Waals surface area contributed by atoms with Crippen LogP contribution in [0.15, 0.2) is 17.1 Å². The fourth-order valence-electron chi connectivity index (χ4n) is 2.99. The van der Waals surface area contributed by atoms with Gasteiger partial charge in [-0.1, -0.05) is 0 Å². The number of carbonyl (C=O) groups is 2. The van der Waals surface area contributed by atoms with Crippen molar-refractivity contribution in [2.24, 2.45) is 10.8 Å². The lowest BCUT2D eigenvalue weighted by Gasteiger charge is -2.28. The number of esters is 2. The number of phosphoric ester groups is 1. The third kappa shape index (κ3) is 8.26. The first-order chi connectivity index (χ1) is 17.3. The van der Waals surface area contributed by atoms with Gasteiger partial charge in [-0.25, -0.2) is 13.6 Å². The second-order valence-corrected chi connectivity index (χ2v) is 12.9. The van der Waals surface area contributed by atoms with Crippen LogP contribution in [-0.4, -0.2) is 69.7 Å². The van der Waals surface area contributed by atoms with Crippen LogP contribution in [0.5, 0.6) is 0 Å². The molecule has 1 saturated heterocycles. The molecular formula is C22H35N2O12PS. The number of nitrogens with one attached hydrogen (secondary N) is 1. The molecule has 0 bridgehead atoms. The van der Waals surface area contributed by atoms with E-state index in [-0.39, 0.29) is 4.77 Å². The highest BCUT2D eigenvalue weighted by atomic mass is 32.1. The fraction of sp³-hybridized carbons (Fsp3) is 0.727. The molecule has 1 fully saturated rings. The van der Waals surface area contributed by atoms with Crippen molar-refractivity contribution in [2.75, 3.05) is 20.2 Å². The SMILES string of the molecule is CC(C)(C)C(=O)OCOP(=O)(OCOC(=O)C(C)(C)C)OC[C@H]1O[C@@H](n2ccc(=O)[nH]c2=S)[C@](C)(O)[C@@H]1O. The second-order valence-electron chi connectivity index (χ2n) is 10.8. The van der Waals surface area contributed by atoms with E-state index in [1.807, 2.05) is 0 Å². The van der Waals surface area contributed by atoms with Crippen LogP contribution >= 0.6 is 20.0 Å². The smallest absolute Gasteiger partial charge is 0.437 e. The average molecular weight is 583 g/mol. The number of aromatic amines is 1. The third-order valence-electron chi connectivity index (χ3n) is 5.28. The molecule has 4 atom stereocenters. The molecule has 0 unspecified atom stereocenters. The summed E-state index contributed by atoms with van der Waals surface area (Å²) >= 11 is 5.11. The molecule has 1 aromatic heterocycles. The van der Waals surface area contributed by atoms with Crippen molar-refractivity contribution >= 4 is 32.0 Å². The Morgan fingerprint density at radius 1 is 1.11 bits per heavy atom. The van der Waals surface area contributed by atoms with Gasteiger partial charge in [0.2, 0.25) is 13.6 Å². The molecule has 1 aliphatic heterocycles. The molecule has 2 heterocycles. The molecule has 216 valence electrons. The molecule has 0 spiro atoms. The van der Waals surface area contributed by atoms with E-state index in [1.54, 1.807) is 41.5 Å². The minimum Gasteiger partial charge on any atom is -0.437 e. The quantitative estimate of drug-likeness (QED) is 0.158. The normalized spacial score (nSPS) is 24.3. The minimum atomic E-state index is -4.57. The summed E-state index contributed by atoms with van der Waals surface area (Å²) < 4.78 is 45.4. The Morgan fingerprint density at radius 3 is 2.05 bits per heavy atom. The largest absolute Gasteiger partial charge is 0.480 e. The Hall–Kier alpha value is -1.97. The van der Waals surface area contributed by atoms with Crippen LogP contribution < -0.4 is 5.56 Å². The van der Waals surface area contributed by atoms with Crippen molar-refractivity contribution < 1.29 is 52.1 Å². The van der Waals surface area contributed by atoms with Crippen molar-refractivity contribution in [2.45, 2.75) is 72.5 Å². The van der Waals surface area contributed by atoms with E-state index >= 15 is 0 Å². The van der Waals surface area contributed by atoms with Crippen molar-refractivity contribution in [1.82, 2.24) is 9.55 Å². The highest BCUT2D eigenvalue weighted by molar-refractivity contribution is 7.71. The molecule has 1 aromatic rings. The number of aliphatic hydroxyl groups is 2. The Morgan fingerprint density at radius 2 is 1.61 bits per heavy atom. The maximum Gasteiger partial charge on any atom is 0.480 e. The molecule has 1 aliphatic rings. The highest BCUT2D eigenvalue weighted by Gasteiger charge is 2.53. The molecule has 3 N–H and O–H groups in total. The standard InChI is InChI=1S/C22H35N2O12PS/c1-20(2,3)17(27)31-11-34-37(30,35-12-32-18(28)21(4,5)6)33-10-13-15(26)22(7,29)16(36-13)24-9-8-14(25)23-19(24)38/h8-9,13,15-16,26,29H,10-12H2,1-7H3,(H,23,25,38)/t13-,15-,16-,22-/m1/s1. The summed E-state index contributed by atoms with van der Waals surface area (Å²) in [6.45, 7) is 8.61. The topological polar surface area (TPSA) is 185 Å². The number of rotatable bonds is 10. The van der Waals surface area contributed by atoms with Crippen molar-refractivity contribution in [3.05, 3.63) is 27.4 Å². The Bertz CT molecular complexity index is 1130. The zero-order valence-electron chi connectivity index (χ0n) is 22.3. The molecule has 0 radical (unpaired) electrons. The summed E-state index contributed by atoms with van der Waals surface area (Å²) in [5.74, 6) is -1.32. The Kier molecular flexibility index (Phi) is 10.2. The lowest BCUT2D eigenvalue weighted by molar-refractivity contribution is -0.163. The lowest BCUT2D eigenvalue weighted by atomic mass is 9.96. The number of hydrogen-bond donors (Lipinski definition) is 3. The zero-order chi connectivity index (χ0) is 29.1. The number of aromatic nitrogens is 2. The van der Waals surface area contributed by atoms with E-state index < -0.39 is 80.4 Å². The molecule has 0 aliphatic carbocycles. The Balaban J connectivity index is 2.14. The van der Waals surface area contributed by atoms with Crippen LogP contribution in [0.25, 0.3) is 0 Å². The number of H-pyrrole nitrogens is 1. The molecule has 38 heavy (non-hydrogen) atoms. The van der Waals surface area contributed by atoms with Gasteiger partial charge < -0.3 is 24.4 Å². The maximum atomic E-state index is 13.2. The van der Waals surface area contributed by atoms with Gasteiger partial charge >= 0.3 is 19.8 Å². The summed E-state index contributed by atoms with van der Waals surface area (Å²) in [5.41, 5.74) is -4.13. The van der Waals surface area contributed by atoms with Crippen LogP contribution in [0.2, 0.25) is 0 Å². The van der Waals surface area contributed by atoms with Gasteiger partial charge in [-0.2, -0.15) is 0 Å². The summed E-state index contributed by atoms with van der Waals surface area (Å²) in [6, 6.07) is 1.15. The first kappa shape index (κ1) is 32.2. The molecule has 2 rings (SSSR count). The van der Waals surface area contributed by atoms with Gasteiger partial charge in [0.15, 0.2) is 11.0 Å². The van der Waals surface area contributed by atoms with Crippen LogP contribution in [0.3, 0.4) is 0 Å². The van der Waals surface area contributed by atoms with E-state index in [4.69, 9.17) is 40.0 Å². The van der Waals surface area contributed by atoms with Crippen LogP contribution in [0.1, 0.15) is 54.7 Å². The number of phosphoric acid groups is 1. The molecular weight excluding hydrogens is 547 g/mol. The summed E-state index contributed by atoms with van der Waals surface area (Å²) in [7, 11) is -4.57. The first-order valence-corrected chi connectivity index (χ1v) is 13.4. The number of nitrogens with zero attached hydrogens (tertiary/aromatic N) is 1. The monoisotopic (exact) mass is 582 g/mol. The predicted molar refractivity (Wildman–Crippen MR) is 133 cm³/mol. The van der Waals surface area contributed by atoms with Crippen LogP contribution in [0.4, 0.5) is 0 Å². The van der Waals surface area contributed by atoms with Crippen molar-refractivity contribution in [1.29, 1.82) is 0 Å². The van der Waals surface area contributed by atoms with Gasteiger partial charge in [-0.15, -0.1) is 0 Å². The number of aliphatic hydroxyl groups excluding tert-OH is 1. The van der Waals surface area contributed by atoms with E-state index in [9.17, 15) is 29.2 Å². The maximum absolute atomic E-state index is 13.2. The molecule has 0 aromatic carbocycles. The second kappa shape index (κ2) is 12.0. The van der Waals surface area contributed by atoms with Gasteiger partial charge in [0, 0.05) is 12.3 Å². The van der Waals surface area contributed by atoms with E-state index in [0.717, 1.165) is 6.07 Å². The highest BCUT2D eigenvalue weighted by Crippen LogP contribution is 2.51. The third-order valence-corrected chi connectivity index (χ3v) is 6.90. The van der Waals surface area contributed by atoms with Crippen molar-refractivity contribution in [3.63, 3.8) is 0 Å². The predicted octanol–water partition coefficient (Wildman–Crippen LogP) is 2.17. The van der Waals surface area contributed by atoms with E-state index in [1.165, 1.54) is 17.7 Å². The van der Waals surface area contributed by atoms with Crippen LogP contribution in [0, 0.1) is 15.6 Å². The first-order valence-electron chi connectivity index (χ1n) is 11.5. The summed E-state index contributed by atoms with van der Waals surface area (Å²) in [6.07, 6.45) is -2.83. The van der Waals surface area contributed by atoms with E-state index in [0.29, 0.717) is 0 Å². The van der Waals surface area contributed by atoms with Gasteiger partial charge in [-0.05, 0) is 60.7 Å². The zero-order valence-corrected chi connectivity index (χ0v) is 24.0. The summed E-state index contributed by atoms with van der Waals surface area (Å²) in [4.78, 5) is 37.9. The van der Waals surface area contributed by atoms with Gasteiger partial charge in [0.25, 0.3) is 5.56 Å². The fourth-order valence-corrected chi connectivity index (χ4v) is 4.16. The lowest BCUT2D eigenvalue weighted by Crippen LogP contribution is -2.44. The molecule has 14 nitrogen and oxygen atoms in total. The van der Waals surface area contributed by atoms with Gasteiger partial charge in [0.05, 0.1) is 17.4 Å². The number of carbonyl (C=O) groups excluding carboxylic acids is 2.